The van der Waals surface area contributed by atoms with Crippen molar-refractivity contribution in [1.29, 1.82) is 0 Å². The van der Waals surface area contributed by atoms with Crippen LogP contribution in [0.15, 0.2) is 36.4 Å². The van der Waals surface area contributed by atoms with Gasteiger partial charge in [-0.2, -0.15) is 0 Å². The van der Waals surface area contributed by atoms with Gasteiger partial charge in [-0.1, -0.05) is 24.3 Å². The number of rotatable bonds is 2. The molecule has 2 aromatic carbocycles. The van der Waals surface area contributed by atoms with E-state index in [0.29, 0.717) is 25.1 Å². The Morgan fingerprint density at radius 1 is 1.23 bits per heavy atom. The molecule has 1 atom stereocenters. The average Bonchev–Trinajstić information content (AvgIpc) is 2.60. The molecule has 0 radical (unpaired) electrons. The molecule has 134 valence electrons. The Balaban J connectivity index is 1.60. The van der Waals surface area contributed by atoms with Crippen LogP contribution in [0.1, 0.15) is 39.5 Å². The third-order valence-corrected chi connectivity index (χ3v) is 5.00. The lowest BCUT2D eigenvalue weighted by molar-refractivity contribution is -0.116. The summed E-state index contributed by atoms with van der Waals surface area (Å²) in [7, 11) is 2.00. The first-order valence-corrected chi connectivity index (χ1v) is 8.71. The van der Waals surface area contributed by atoms with Crippen LogP contribution in [0.2, 0.25) is 0 Å². The second kappa shape index (κ2) is 6.53. The van der Waals surface area contributed by atoms with E-state index < -0.39 is 11.7 Å². The lowest BCUT2D eigenvalue weighted by atomic mass is 9.95. The van der Waals surface area contributed by atoms with Gasteiger partial charge < -0.3 is 10.6 Å². The lowest BCUT2D eigenvalue weighted by Gasteiger charge is -2.32. The predicted molar refractivity (Wildman–Crippen MR) is 96.3 cm³/mol. The fourth-order valence-electron chi connectivity index (χ4n) is 3.72. The number of aryl methyl sites for hydroxylation is 1. The Morgan fingerprint density at radius 3 is 2.88 bits per heavy atom. The number of halogens is 1. The highest BCUT2D eigenvalue weighted by atomic mass is 19.1. The summed E-state index contributed by atoms with van der Waals surface area (Å²) >= 11 is 0. The van der Waals surface area contributed by atoms with Gasteiger partial charge in [0, 0.05) is 25.2 Å². The molecular weight excluding hydrogens is 333 g/mol. The molecule has 2 N–H and O–H groups in total. The number of carbonyl (C=O) groups is 2. The number of anilines is 1. The van der Waals surface area contributed by atoms with Crippen molar-refractivity contribution in [2.45, 2.75) is 25.4 Å². The monoisotopic (exact) mass is 353 g/mol. The second-order valence-electron chi connectivity index (χ2n) is 6.96. The van der Waals surface area contributed by atoms with Gasteiger partial charge in [-0.3, -0.25) is 14.5 Å². The van der Waals surface area contributed by atoms with Gasteiger partial charge in [0.15, 0.2) is 0 Å². The Kier molecular flexibility index (Phi) is 4.20. The predicted octanol–water partition coefficient (Wildman–Crippen LogP) is 2.63. The van der Waals surface area contributed by atoms with E-state index in [0.717, 1.165) is 17.7 Å². The van der Waals surface area contributed by atoms with Crippen LogP contribution in [0.5, 0.6) is 0 Å². The van der Waals surface area contributed by atoms with Gasteiger partial charge in [-0.05, 0) is 42.3 Å². The summed E-state index contributed by atoms with van der Waals surface area (Å²) in [6.45, 7) is 1.50. The SMILES string of the molecule is CN1Cc2ccccc2C(NC(=O)c2cc3c(cc2F)NC(=O)CC3)C1. The van der Waals surface area contributed by atoms with Gasteiger partial charge in [0.25, 0.3) is 5.91 Å². The summed E-state index contributed by atoms with van der Waals surface area (Å²) in [5, 5.41) is 5.62. The molecule has 2 amide bonds. The summed E-state index contributed by atoms with van der Waals surface area (Å²) in [6.07, 6.45) is 0.858. The number of benzene rings is 2. The van der Waals surface area contributed by atoms with Crippen molar-refractivity contribution in [3.8, 4) is 0 Å². The van der Waals surface area contributed by atoms with Gasteiger partial charge in [-0.15, -0.1) is 0 Å². The third kappa shape index (κ3) is 3.08. The minimum Gasteiger partial charge on any atom is -0.344 e. The highest BCUT2D eigenvalue weighted by molar-refractivity contribution is 5.98. The molecule has 0 spiro atoms. The largest absolute Gasteiger partial charge is 0.344 e. The molecule has 0 fully saturated rings. The number of carbonyl (C=O) groups excluding carboxylic acids is 2. The van der Waals surface area contributed by atoms with Gasteiger partial charge in [0.1, 0.15) is 5.82 Å². The van der Waals surface area contributed by atoms with Crippen LogP contribution in [-0.2, 0) is 17.8 Å². The first kappa shape index (κ1) is 16.7. The number of hydrogen-bond acceptors (Lipinski definition) is 3. The van der Waals surface area contributed by atoms with Gasteiger partial charge in [0.2, 0.25) is 5.91 Å². The minimum atomic E-state index is -0.624. The minimum absolute atomic E-state index is 0.0191. The van der Waals surface area contributed by atoms with Crippen molar-refractivity contribution in [1.82, 2.24) is 10.2 Å². The van der Waals surface area contributed by atoms with Crippen molar-refractivity contribution < 1.29 is 14.0 Å². The third-order valence-electron chi connectivity index (χ3n) is 5.00. The van der Waals surface area contributed by atoms with Crippen LogP contribution < -0.4 is 10.6 Å². The molecule has 26 heavy (non-hydrogen) atoms. The van der Waals surface area contributed by atoms with E-state index in [1.165, 1.54) is 11.6 Å². The Labute approximate surface area is 151 Å². The van der Waals surface area contributed by atoms with Crippen LogP contribution in [-0.4, -0.2) is 30.3 Å². The van der Waals surface area contributed by atoms with E-state index in [1.807, 2.05) is 31.3 Å². The highest BCUT2D eigenvalue weighted by Gasteiger charge is 2.27. The molecular formula is C20H20FN3O2. The molecule has 2 heterocycles. The molecule has 0 saturated carbocycles. The fourth-order valence-corrected chi connectivity index (χ4v) is 3.72. The average molecular weight is 353 g/mol. The zero-order chi connectivity index (χ0) is 18.3. The Bertz CT molecular complexity index is 897. The molecule has 6 heteroatoms. The van der Waals surface area contributed by atoms with E-state index >= 15 is 0 Å². The molecule has 0 aliphatic carbocycles. The van der Waals surface area contributed by atoms with E-state index in [-0.39, 0.29) is 17.5 Å². The van der Waals surface area contributed by atoms with Crippen LogP contribution in [0.25, 0.3) is 0 Å². The summed E-state index contributed by atoms with van der Waals surface area (Å²) in [5.41, 5.74) is 3.51. The maximum atomic E-state index is 14.5. The van der Waals surface area contributed by atoms with Crippen molar-refractivity contribution >= 4 is 17.5 Å². The summed E-state index contributed by atoms with van der Waals surface area (Å²) in [6, 6.07) is 10.6. The summed E-state index contributed by atoms with van der Waals surface area (Å²) in [5.74, 6) is -1.19. The maximum absolute atomic E-state index is 14.5. The zero-order valence-electron chi connectivity index (χ0n) is 14.5. The lowest BCUT2D eigenvalue weighted by Crippen LogP contribution is -2.40. The molecule has 2 aromatic rings. The van der Waals surface area contributed by atoms with E-state index in [4.69, 9.17) is 0 Å². The number of nitrogens with one attached hydrogen (secondary N) is 2. The Morgan fingerprint density at radius 2 is 2.04 bits per heavy atom. The number of hydrogen-bond donors (Lipinski definition) is 2. The summed E-state index contributed by atoms with van der Waals surface area (Å²) in [4.78, 5) is 26.3. The van der Waals surface area contributed by atoms with Crippen molar-refractivity contribution in [3.05, 3.63) is 64.5 Å². The van der Waals surface area contributed by atoms with E-state index in [9.17, 15) is 14.0 Å². The normalized spacial score (nSPS) is 19.3. The standard InChI is InChI=1S/C20H20FN3O2/c1-24-10-13-4-2-3-5-14(13)18(11-24)23-20(26)15-8-12-6-7-19(25)22-17(12)9-16(15)21/h2-5,8-9,18H,6-7,10-11H2,1H3,(H,22,25)(H,23,26). The smallest absolute Gasteiger partial charge is 0.254 e. The first-order chi connectivity index (χ1) is 12.5. The van der Waals surface area contributed by atoms with Crippen LogP contribution in [0.4, 0.5) is 10.1 Å². The molecule has 2 aliphatic rings. The number of amides is 2. The Hall–Kier alpha value is -2.73. The van der Waals surface area contributed by atoms with Gasteiger partial charge >= 0.3 is 0 Å². The van der Waals surface area contributed by atoms with Crippen LogP contribution in [0.3, 0.4) is 0 Å². The molecule has 0 aromatic heterocycles. The van der Waals surface area contributed by atoms with Crippen molar-refractivity contribution in [2.24, 2.45) is 0 Å². The quantitative estimate of drug-likeness (QED) is 0.873. The second-order valence-corrected chi connectivity index (χ2v) is 6.96. The number of fused-ring (bicyclic) bond motifs is 2. The van der Waals surface area contributed by atoms with Gasteiger partial charge in [-0.25, -0.2) is 4.39 Å². The molecule has 5 nitrogen and oxygen atoms in total. The zero-order valence-corrected chi connectivity index (χ0v) is 14.5. The topological polar surface area (TPSA) is 61.4 Å². The fraction of sp³-hybridized carbons (Fsp3) is 0.300. The highest BCUT2D eigenvalue weighted by Crippen LogP contribution is 2.28. The summed E-state index contributed by atoms with van der Waals surface area (Å²) < 4.78 is 14.5. The number of nitrogens with zero attached hydrogens (tertiary/aromatic N) is 1. The first-order valence-electron chi connectivity index (χ1n) is 8.71. The molecule has 4 rings (SSSR count). The van der Waals surface area contributed by atoms with E-state index in [1.54, 1.807) is 6.07 Å². The molecule has 0 bridgehead atoms. The maximum Gasteiger partial charge on any atom is 0.254 e. The van der Waals surface area contributed by atoms with Crippen molar-refractivity contribution in [3.63, 3.8) is 0 Å². The number of likely N-dealkylation sites (N-methyl/N-ethyl adjacent to an activating group) is 1. The van der Waals surface area contributed by atoms with Crippen LogP contribution in [0, 0.1) is 5.82 Å². The molecule has 0 saturated heterocycles. The van der Waals surface area contributed by atoms with Crippen molar-refractivity contribution in [2.75, 3.05) is 18.9 Å². The molecule has 2 aliphatic heterocycles. The van der Waals surface area contributed by atoms with E-state index in [2.05, 4.69) is 15.5 Å². The molecule has 1 unspecified atom stereocenters. The van der Waals surface area contributed by atoms with Gasteiger partial charge in [0.05, 0.1) is 11.6 Å². The van der Waals surface area contributed by atoms with Crippen LogP contribution >= 0.6 is 0 Å².